The van der Waals surface area contributed by atoms with Crippen molar-refractivity contribution in [1.29, 1.82) is 0 Å². The highest BCUT2D eigenvalue weighted by Gasteiger charge is 2.58. The van der Waals surface area contributed by atoms with Gasteiger partial charge in [-0.25, -0.2) is 13.6 Å². The number of ether oxygens (including phenoxy) is 2. The summed E-state index contributed by atoms with van der Waals surface area (Å²) in [5.41, 5.74) is 4.56. The number of alkyl halides is 2. The Morgan fingerprint density at radius 1 is 1.24 bits per heavy atom. The number of methoxy groups -OCH3 is 2. The lowest BCUT2D eigenvalue weighted by molar-refractivity contribution is -0.186. The summed E-state index contributed by atoms with van der Waals surface area (Å²) in [6, 6.07) is 8.98. The molecule has 5 rings (SSSR count). The second-order valence-corrected chi connectivity index (χ2v) is 10.8. The van der Waals surface area contributed by atoms with Crippen molar-refractivity contribution in [2.24, 2.45) is 5.41 Å². The Labute approximate surface area is 221 Å². The Kier molecular flexibility index (Phi) is 7.09. The normalized spacial score (nSPS) is 20.4. The monoisotopic (exact) mass is 527 g/mol. The lowest BCUT2D eigenvalue weighted by atomic mass is 9.58. The van der Waals surface area contributed by atoms with E-state index < -0.39 is 17.3 Å². The zero-order valence-electron chi connectivity index (χ0n) is 22.1. The first-order valence-electron chi connectivity index (χ1n) is 13.0. The topological polar surface area (TPSA) is 86.8 Å². The summed E-state index contributed by atoms with van der Waals surface area (Å²) in [4.78, 5) is 17.4. The molecule has 0 unspecified atom stereocenters. The van der Waals surface area contributed by atoms with E-state index in [-0.39, 0.29) is 24.4 Å². The molecule has 9 heteroatoms. The zero-order valence-corrected chi connectivity index (χ0v) is 22.1. The summed E-state index contributed by atoms with van der Waals surface area (Å²) >= 11 is 0. The van der Waals surface area contributed by atoms with Crippen LogP contribution in [0.1, 0.15) is 58.8 Å². The predicted octanol–water partition coefficient (Wildman–Crippen LogP) is 5.99. The fraction of sp³-hybridized carbons (Fsp3) is 0.483. The first kappa shape index (κ1) is 26.4. The van der Waals surface area contributed by atoms with Gasteiger partial charge in [0.15, 0.2) is 0 Å². The number of halogens is 2. The molecule has 2 aliphatic rings. The number of carbonyl (C=O) groups is 1. The molecule has 1 aliphatic carbocycles. The van der Waals surface area contributed by atoms with Crippen LogP contribution in [0, 0.1) is 12.3 Å². The maximum Gasteiger partial charge on any atom is 0.335 e. The van der Waals surface area contributed by atoms with E-state index in [2.05, 4.69) is 15.2 Å². The average Bonchev–Trinajstić information content (AvgIpc) is 3.36. The van der Waals surface area contributed by atoms with Gasteiger partial charge in [-0.15, -0.1) is 0 Å². The number of nitrogens with one attached hydrogen (secondary N) is 2. The first-order valence-corrected chi connectivity index (χ1v) is 13.0. The molecule has 1 spiro atoms. The molecule has 7 nitrogen and oxygen atoms in total. The van der Waals surface area contributed by atoms with Crippen LogP contribution in [0.15, 0.2) is 36.5 Å². The van der Waals surface area contributed by atoms with E-state index in [1.807, 2.05) is 31.3 Å². The van der Waals surface area contributed by atoms with Crippen molar-refractivity contribution in [2.75, 3.05) is 39.2 Å². The number of nitrogens with zero attached hydrogens (tertiary/aromatic N) is 1. The van der Waals surface area contributed by atoms with Gasteiger partial charge in [0.2, 0.25) is 5.92 Å². The smallest absolute Gasteiger partial charge is 0.335 e. The number of aromatic carboxylic acids is 1. The number of aryl methyl sites for hydroxylation is 1. The minimum absolute atomic E-state index is 0.0973. The zero-order chi connectivity index (χ0) is 27.1. The molecule has 38 heavy (non-hydrogen) atoms. The lowest BCUT2D eigenvalue weighted by Gasteiger charge is -2.55. The SMILES string of the molecule is COCCNc1cc(C(=O)O)ccc1[C@H]1CC2(CCN1Cc1c(OC)cc(C)c3[nH]ccc13)CC(F)(F)C2. The van der Waals surface area contributed by atoms with E-state index >= 15 is 0 Å². The van der Waals surface area contributed by atoms with Crippen LogP contribution in [-0.4, -0.2) is 60.8 Å². The lowest BCUT2D eigenvalue weighted by Crippen LogP contribution is -2.53. The molecule has 1 aromatic heterocycles. The molecule has 2 fully saturated rings. The molecule has 3 N–H and O–H groups in total. The van der Waals surface area contributed by atoms with Crippen LogP contribution in [0.4, 0.5) is 14.5 Å². The van der Waals surface area contributed by atoms with E-state index in [0.717, 1.165) is 33.3 Å². The molecular weight excluding hydrogens is 492 g/mol. The summed E-state index contributed by atoms with van der Waals surface area (Å²) in [5, 5.41) is 14.0. The van der Waals surface area contributed by atoms with Crippen LogP contribution >= 0.6 is 0 Å². The van der Waals surface area contributed by atoms with E-state index in [0.29, 0.717) is 44.8 Å². The van der Waals surface area contributed by atoms with Crippen molar-refractivity contribution < 1.29 is 28.2 Å². The summed E-state index contributed by atoms with van der Waals surface area (Å²) in [7, 11) is 3.27. The van der Waals surface area contributed by atoms with Crippen LogP contribution in [0.5, 0.6) is 5.75 Å². The number of carboxylic acid groups (broad SMARTS) is 1. The highest BCUT2D eigenvalue weighted by Crippen LogP contribution is 2.61. The molecule has 0 bridgehead atoms. The summed E-state index contributed by atoms with van der Waals surface area (Å²) in [6.45, 7) is 4.22. The van der Waals surface area contributed by atoms with Crippen LogP contribution in [0.25, 0.3) is 10.9 Å². The molecule has 1 saturated carbocycles. The van der Waals surface area contributed by atoms with Crippen molar-refractivity contribution in [1.82, 2.24) is 9.88 Å². The minimum atomic E-state index is -2.61. The van der Waals surface area contributed by atoms with Gasteiger partial charge in [0, 0.05) is 67.4 Å². The second kappa shape index (κ2) is 10.2. The van der Waals surface area contributed by atoms with Gasteiger partial charge in [-0.05, 0) is 67.1 Å². The summed E-state index contributed by atoms with van der Waals surface area (Å²) in [6.07, 6.45) is 3.00. The summed E-state index contributed by atoms with van der Waals surface area (Å²) in [5.74, 6) is -2.83. The number of benzene rings is 2. The van der Waals surface area contributed by atoms with E-state index in [1.54, 1.807) is 26.4 Å². The van der Waals surface area contributed by atoms with Crippen LogP contribution < -0.4 is 10.1 Å². The van der Waals surface area contributed by atoms with Gasteiger partial charge in [-0.1, -0.05) is 6.07 Å². The minimum Gasteiger partial charge on any atom is -0.496 e. The molecule has 2 heterocycles. The Morgan fingerprint density at radius 2 is 2.03 bits per heavy atom. The fourth-order valence-corrected chi connectivity index (χ4v) is 6.45. The Hall–Kier alpha value is -3.17. The largest absolute Gasteiger partial charge is 0.496 e. The molecule has 3 aromatic rings. The van der Waals surface area contributed by atoms with Crippen LogP contribution in [-0.2, 0) is 11.3 Å². The maximum atomic E-state index is 14.1. The number of anilines is 1. The molecule has 204 valence electrons. The highest BCUT2D eigenvalue weighted by atomic mass is 19.3. The number of fused-ring (bicyclic) bond motifs is 1. The fourth-order valence-electron chi connectivity index (χ4n) is 6.45. The Balaban J connectivity index is 1.55. The molecule has 0 radical (unpaired) electrons. The van der Waals surface area contributed by atoms with Crippen molar-refractivity contribution in [3.8, 4) is 5.75 Å². The molecular formula is C29H35F2N3O4. The Morgan fingerprint density at radius 3 is 2.71 bits per heavy atom. The number of likely N-dealkylation sites (tertiary alicyclic amines) is 1. The van der Waals surface area contributed by atoms with E-state index in [4.69, 9.17) is 9.47 Å². The average molecular weight is 528 g/mol. The molecule has 0 amide bonds. The predicted molar refractivity (Wildman–Crippen MR) is 142 cm³/mol. The van der Waals surface area contributed by atoms with Crippen molar-refractivity contribution in [2.45, 2.75) is 51.1 Å². The number of hydrogen-bond donors (Lipinski definition) is 3. The standard InChI is InChI=1S/C29H35F2N3O4/c1-18-12-25(38-3)22(20-6-8-33-26(18)20)15-34-10-7-28(16-29(30,31)17-28)14-24(34)21-5-4-19(27(35)36)13-23(21)32-9-11-37-2/h4-6,8,12-13,24,32-33H,7,9-11,14-17H2,1-3H3,(H,35,36)/t24-/m1/s1. The van der Waals surface area contributed by atoms with Crippen molar-refractivity contribution >= 4 is 22.6 Å². The highest BCUT2D eigenvalue weighted by molar-refractivity contribution is 5.89. The van der Waals surface area contributed by atoms with Gasteiger partial charge >= 0.3 is 5.97 Å². The Bertz CT molecular complexity index is 1330. The molecule has 1 atom stereocenters. The van der Waals surface area contributed by atoms with Gasteiger partial charge in [-0.3, -0.25) is 4.90 Å². The van der Waals surface area contributed by atoms with Crippen LogP contribution in [0.3, 0.4) is 0 Å². The van der Waals surface area contributed by atoms with Gasteiger partial charge in [-0.2, -0.15) is 0 Å². The number of aromatic amines is 1. The maximum absolute atomic E-state index is 14.1. The van der Waals surface area contributed by atoms with Crippen molar-refractivity contribution in [3.05, 3.63) is 58.8 Å². The van der Waals surface area contributed by atoms with Gasteiger partial charge in [0.05, 0.1) is 19.3 Å². The number of rotatable bonds is 9. The van der Waals surface area contributed by atoms with Crippen molar-refractivity contribution in [3.63, 3.8) is 0 Å². The molecule has 1 saturated heterocycles. The van der Waals surface area contributed by atoms with Gasteiger partial charge < -0.3 is 24.9 Å². The van der Waals surface area contributed by atoms with E-state index in [1.165, 1.54) is 0 Å². The van der Waals surface area contributed by atoms with E-state index in [9.17, 15) is 18.7 Å². The number of piperidine rings is 1. The van der Waals surface area contributed by atoms with Crippen LogP contribution in [0.2, 0.25) is 0 Å². The molecule has 1 aliphatic heterocycles. The second-order valence-electron chi connectivity index (χ2n) is 10.8. The first-order chi connectivity index (χ1) is 18.1. The summed E-state index contributed by atoms with van der Waals surface area (Å²) < 4.78 is 39.2. The van der Waals surface area contributed by atoms with Gasteiger partial charge in [0.25, 0.3) is 0 Å². The third-order valence-corrected chi connectivity index (χ3v) is 8.24. The number of carboxylic acids is 1. The number of hydrogen-bond acceptors (Lipinski definition) is 5. The third kappa shape index (κ3) is 4.97. The quantitative estimate of drug-likeness (QED) is 0.296. The number of aromatic nitrogens is 1. The molecule has 2 aromatic carbocycles. The third-order valence-electron chi connectivity index (χ3n) is 8.24. The van der Waals surface area contributed by atoms with Gasteiger partial charge in [0.1, 0.15) is 5.75 Å². The number of H-pyrrole nitrogens is 1.